The highest BCUT2D eigenvalue weighted by atomic mass is 16.6. The number of esters is 3. The van der Waals surface area contributed by atoms with Crippen LogP contribution in [0.25, 0.3) is 0 Å². The number of hydrogen-bond donors (Lipinski definition) is 0. The molecule has 0 aromatic heterocycles. The molecule has 360 valence electrons. The van der Waals surface area contributed by atoms with Gasteiger partial charge in [0.2, 0.25) is 0 Å². The molecule has 0 heterocycles. The maximum atomic E-state index is 12.7. The number of ether oxygens (including phenoxy) is 3. The summed E-state index contributed by atoms with van der Waals surface area (Å²) in [6.07, 6.45) is 61.2. The third kappa shape index (κ3) is 48.4. The van der Waals surface area contributed by atoms with Crippen molar-refractivity contribution in [2.24, 2.45) is 0 Å². The molecule has 0 spiro atoms. The van der Waals surface area contributed by atoms with E-state index in [0.717, 1.165) is 89.9 Å². The first-order valence-corrected chi connectivity index (χ1v) is 26.6. The van der Waals surface area contributed by atoms with Crippen LogP contribution in [0.1, 0.15) is 271 Å². The van der Waals surface area contributed by atoms with E-state index in [9.17, 15) is 14.4 Å². The van der Waals surface area contributed by atoms with Gasteiger partial charge in [0.05, 0.1) is 0 Å². The van der Waals surface area contributed by atoms with Crippen LogP contribution >= 0.6 is 0 Å². The minimum Gasteiger partial charge on any atom is -0.462 e. The van der Waals surface area contributed by atoms with Gasteiger partial charge in [-0.15, -0.1) is 0 Å². The molecule has 62 heavy (non-hydrogen) atoms. The maximum absolute atomic E-state index is 12.7. The van der Waals surface area contributed by atoms with Crippen LogP contribution in [0.5, 0.6) is 0 Å². The molecule has 0 saturated heterocycles. The second-order valence-corrected chi connectivity index (χ2v) is 17.8. The first-order chi connectivity index (χ1) is 30.5. The molecule has 0 amide bonds. The van der Waals surface area contributed by atoms with E-state index in [1.165, 1.54) is 141 Å². The summed E-state index contributed by atoms with van der Waals surface area (Å²) in [5, 5.41) is 0. The number of carbonyl (C=O) groups excluding carboxylic acids is 3. The SMILES string of the molecule is CCC/C=C\CCCCCCCC(=O)OC(COC(=O)CCCCCCCCCCC)COC(=O)CCCCCCCCCCCC/C=C\C/C=C\C/C=C\CCCCCCC. The quantitative estimate of drug-likeness (QED) is 0.0262. The first kappa shape index (κ1) is 59.4. The van der Waals surface area contributed by atoms with E-state index in [0.29, 0.717) is 19.3 Å². The van der Waals surface area contributed by atoms with Crippen molar-refractivity contribution in [1.82, 2.24) is 0 Å². The van der Waals surface area contributed by atoms with E-state index in [4.69, 9.17) is 14.2 Å². The average Bonchev–Trinajstić information content (AvgIpc) is 3.27. The van der Waals surface area contributed by atoms with Gasteiger partial charge in [0.1, 0.15) is 13.2 Å². The van der Waals surface area contributed by atoms with Crippen LogP contribution in [0.2, 0.25) is 0 Å². The van der Waals surface area contributed by atoms with Crippen molar-refractivity contribution in [3.05, 3.63) is 48.6 Å². The Labute approximate surface area is 384 Å². The van der Waals surface area contributed by atoms with E-state index < -0.39 is 6.10 Å². The highest BCUT2D eigenvalue weighted by Crippen LogP contribution is 2.15. The fraction of sp³-hybridized carbons (Fsp3) is 0.804. The van der Waals surface area contributed by atoms with Crippen molar-refractivity contribution in [3.63, 3.8) is 0 Å². The zero-order valence-electron chi connectivity index (χ0n) is 41.1. The second-order valence-electron chi connectivity index (χ2n) is 17.8. The minimum atomic E-state index is -0.774. The van der Waals surface area contributed by atoms with E-state index in [1.54, 1.807) is 0 Å². The molecule has 1 unspecified atom stereocenters. The lowest BCUT2D eigenvalue weighted by atomic mass is 10.1. The zero-order valence-corrected chi connectivity index (χ0v) is 41.1. The summed E-state index contributed by atoms with van der Waals surface area (Å²) < 4.78 is 16.7. The van der Waals surface area contributed by atoms with E-state index in [2.05, 4.69) is 69.4 Å². The summed E-state index contributed by atoms with van der Waals surface area (Å²) in [5.74, 6) is -0.888. The van der Waals surface area contributed by atoms with Crippen LogP contribution in [0.4, 0.5) is 0 Å². The number of rotatable bonds is 48. The lowest BCUT2D eigenvalue weighted by molar-refractivity contribution is -0.167. The van der Waals surface area contributed by atoms with Crippen LogP contribution in [-0.4, -0.2) is 37.2 Å². The monoisotopic (exact) mass is 869 g/mol. The average molecular weight is 869 g/mol. The molecule has 0 aromatic carbocycles. The highest BCUT2D eigenvalue weighted by molar-refractivity contribution is 5.71. The molecule has 0 saturated carbocycles. The van der Waals surface area contributed by atoms with Crippen LogP contribution in [0.15, 0.2) is 48.6 Å². The van der Waals surface area contributed by atoms with Gasteiger partial charge in [-0.1, -0.05) is 223 Å². The normalized spacial score (nSPS) is 12.4. The lowest BCUT2D eigenvalue weighted by Crippen LogP contribution is -2.30. The lowest BCUT2D eigenvalue weighted by Gasteiger charge is -2.18. The third-order valence-electron chi connectivity index (χ3n) is 11.5. The van der Waals surface area contributed by atoms with Gasteiger partial charge < -0.3 is 14.2 Å². The molecule has 0 fully saturated rings. The van der Waals surface area contributed by atoms with E-state index >= 15 is 0 Å². The summed E-state index contributed by atoms with van der Waals surface area (Å²) in [4.78, 5) is 37.8. The first-order valence-electron chi connectivity index (χ1n) is 26.6. The summed E-state index contributed by atoms with van der Waals surface area (Å²) in [5.41, 5.74) is 0. The molecule has 1 atom stereocenters. The van der Waals surface area contributed by atoms with E-state index in [1.807, 2.05) is 0 Å². The van der Waals surface area contributed by atoms with Gasteiger partial charge in [-0.2, -0.15) is 0 Å². The molecule has 6 heteroatoms. The highest BCUT2D eigenvalue weighted by Gasteiger charge is 2.19. The van der Waals surface area contributed by atoms with Crippen LogP contribution in [-0.2, 0) is 28.6 Å². The predicted molar refractivity (Wildman–Crippen MR) is 265 cm³/mol. The van der Waals surface area contributed by atoms with Crippen LogP contribution < -0.4 is 0 Å². The Hall–Kier alpha value is -2.63. The predicted octanol–water partition coefficient (Wildman–Crippen LogP) is 17.5. The largest absolute Gasteiger partial charge is 0.462 e. The van der Waals surface area contributed by atoms with Gasteiger partial charge in [0.25, 0.3) is 0 Å². The number of allylic oxidation sites excluding steroid dienone is 8. The third-order valence-corrected chi connectivity index (χ3v) is 11.5. The topological polar surface area (TPSA) is 78.9 Å². The smallest absolute Gasteiger partial charge is 0.306 e. The molecule has 6 nitrogen and oxygen atoms in total. The van der Waals surface area contributed by atoms with Gasteiger partial charge in [-0.25, -0.2) is 0 Å². The van der Waals surface area contributed by atoms with Crippen molar-refractivity contribution >= 4 is 17.9 Å². The van der Waals surface area contributed by atoms with E-state index in [-0.39, 0.29) is 31.1 Å². The Kier molecular flexibility index (Phi) is 48.8. The number of unbranched alkanes of at least 4 members (excludes halogenated alkanes) is 29. The van der Waals surface area contributed by atoms with Crippen LogP contribution in [0, 0.1) is 0 Å². The molecule has 0 radical (unpaired) electrons. The fourth-order valence-electron chi connectivity index (χ4n) is 7.51. The minimum absolute atomic E-state index is 0.0759. The van der Waals surface area contributed by atoms with Crippen molar-refractivity contribution in [2.75, 3.05) is 13.2 Å². The van der Waals surface area contributed by atoms with Crippen LogP contribution in [0.3, 0.4) is 0 Å². The molecule has 0 N–H and O–H groups in total. The van der Waals surface area contributed by atoms with Crippen molar-refractivity contribution < 1.29 is 28.6 Å². The van der Waals surface area contributed by atoms with Crippen molar-refractivity contribution in [3.8, 4) is 0 Å². The Balaban J connectivity index is 4.15. The van der Waals surface area contributed by atoms with Crippen molar-refractivity contribution in [1.29, 1.82) is 0 Å². The fourth-order valence-corrected chi connectivity index (χ4v) is 7.51. The number of carbonyl (C=O) groups is 3. The molecule has 0 aliphatic heterocycles. The molecular weight excluding hydrogens is 769 g/mol. The van der Waals surface area contributed by atoms with Gasteiger partial charge in [0.15, 0.2) is 6.10 Å². The zero-order chi connectivity index (χ0) is 45.1. The molecule has 0 aliphatic carbocycles. The summed E-state index contributed by atoms with van der Waals surface area (Å²) >= 11 is 0. The Bertz CT molecular complexity index is 1090. The summed E-state index contributed by atoms with van der Waals surface area (Å²) in [7, 11) is 0. The second kappa shape index (κ2) is 51.0. The van der Waals surface area contributed by atoms with Gasteiger partial charge in [-0.05, 0) is 77.0 Å². The molecule has 0 aliphatic rings. The summed E-state index contributed by atoms with van der Waals surface area (Å²) in [6.45, 7) is 6.54. The Morgan fingerprint density at radius 1 is 0.323 bits per heavy atom. The van der Waals surface area contributed by atoms with Gasteiger partial charge >= 0.3 is 17.9 Å². The maximum Gasteiger partial charge on any atom is 0.306 e. The van der Waals surface area contributed by atoms with Gasteiger partial charge in [0, 0.05) is 19.3 Å². The van der Waals surface area contributed by atoms with Crippen molar-refractivity contribution in [2.45, 2.75) is 277 Å². The Morgan fingerprint density at radius 3 is 0.984 bits per heavy atom. The molecular formula is C56H100O6. The molecule has 0 rings (SSSR count). The Morgan fingerprint density at radius 2 is 0.613 bits per heavy atom. The molecule has 0 bridgehead atoms. The summed E-state index contributed by atoms with van der Waals surface area (Å²) in [6, 6.07) is 0. The van der Waals surface area contributed by atoms with Gasteiger partial charge in [-0.3, -0.25) is 14.4 Å². The number of hydrogen-bond acceptors (Lipinski definition) is 6. The standard InChI is InChI=1S/C56H100O6/c1-4-7-10-13-16-19-21-22-23-24-25-26-27-28-29-30-31-32-33-34-35-38-40-43-46-49-55(58)61-52-53(51-60-54(57)48-45-42-39-36-18-15-12-9-6-3)62-56(59)50-47-44-41-37-20-17-14-11-8-5-2/h11,14,21-22,24-25,27-28,53H,4-10,12-13,15-20,23,26,29-52H2,1-3H3/b14-11-,22-21-,25-24-,28-27-. The molecule has 0 aromatic rings.